The SMILES string of the molecule is CC(C)(C)NC(=O)NC(=O)COC(=O)Cc1ccc2ccccc2c1. The van der Waals surface area contributed by atoms with Crippen LogP contribution in [0.4, 0.5) is 4.79 Å². The van der Waals surface area contributed by atoms with E-state index < -0.39 is 30.1 Å². The Hall–Kier alpha value is -2.89. The Morgan fingerprint density at radius 1 is 1.00 bits per heavy atom. The van der Waals surface area contributed by atoms with E-state index >= 15 is 0 Å². The van der Waals surface area contributed by atoms with E-state index in [9.17, 15) is 14.4 Å². The molecular formula is C19H22N2O4. The average Bonchev–Trinajstić information content (AvgIpc) is 2.51. The number of carbonyl (C=O) groups excluding carboxylic acids is 3. The molecular weight excluding hydrogens is 320 g/mol. The molecule has 2 aromatic carbocycles. The van der Waals surface area contributed by atoms with Crippen LogP contribution in [0.1, 0.15) is 26.3 Å². The highest BCUT2D eigenvalue weighted by molar-refractivity contribution is 5.95. The normalized spacial score (nSPS) is 11.0. The molecule has 0 unspecified atom stereocenters. The smallest absolute Gasteiger partial charge is 0.321 e. The summed E-state index contributed by atoms with van der Waals surface area (Å²) in [5.74, 6) is -1.20. The highest BCUT2D eigenvalue weighted by Crippen LogP contribution is 2.16. The van der Waals surface area contributed by atoms with Crippen LogP contribution in [0.15, 0.2) is 42.5 Å². The first kappa shape index (κ1) is 18.4. The molecule has 132 valence electrons. The van der Waals surface area contributed by atoms with Crippen LogP contribution in [0.2, 0.25) is 0 Å². The first-order valence-corrected chi connectivity index (χ1v) is 7.98. The van der Waals surface area contributed by atoms with Gasteiger partial charge in [-0.15, -0.1) is 0 Å². The van der Waals surface area contributed by atoms with Crippen molar-refractivity contribution in [3.8, 4) is 0 Å². The van der Waals surface area contributed by atoms with E-state index in [2.05, 4.69) is 10.6 Å². The van der Waals surface area contributed by atoms with Crippen LogP contribution < -0.4 is 10.6 Å². The maximum Gasteiger partial charge on any atom is 0.321 e. The number of benzene rings is 2. The molecule has 0 heterocycles. The summed E-state index contributed by atoms with van der Waals surface area (Å²) in [6.07, 6.45) is 0.0618. The van der Waals surface area contributed by atoms with Gasteiger partial charge in [-0.1, -0.05) is 42.5 Å². The Bertz CT molecular complexity index is 793. The second kappa shape index (κ2) is 7.79. The molecule has 2 aromatic rings. The predicted molar refractivity (Wildman–Crippen MR) is 95.0 cm³/mol. The van der Waals surface area contributed by atoms with Crippen LogP contribution in [0, 0.1) is 0 Å². The first-order valence-electron chi connectivity index (χ1n) is 7.98. The highest BCUT2D eigenvalue weighted by Gasteiger charge is 2.16. The first-order chi connectivity index (χ1) is 11.7. The standard InChI is InChI=1S/C19H22N2O4/c1-19(2,3)21-18(24)20-16(22)12-25-17(23)11-13-8-9-14-6-4-5-7-15(14)10-13/h4-10H,11-12H2,1-3H3,(H2,20,21,22,24). The van der Waals surface area contributed by atoms with Crippen molar-refractivity contribution in [2.45, 2.75) is 32.7 Å². The second-order valence-electron chi connectivity index (χ2n) is 6.77. The quantitative estimate of drug-likeness (QED) is 0.836. The molecule has 2 N–H and O–H groups in total. The molecule has 0 aliphatic rings. The van der Waals surface area contributed by atoms with Gasteiger partial charge in [-0.3, -0.25) is 14.9 Å². The predicted octanol–water partition coefficient (Wildman–Crippen LogP) is 2.55. The van der Waals surface area contributed by atoms with Crippen LogP contribution in [-0.2, 0) is 20.7 Å². The minimum atomic E-state index is -0.673. The molecule has 0 bridgehead atoms. The third-order valence-electron chi connectivity index (χ3n) is 3.27. The number of rotatable bonds is 4. The third-order valence-corrected chi connectivity index (χ3v) is 3.27. The molecule has 0 radical (unpaired) electrons. The summed E-state index contributed by atoms with van der Waals surface area (Å²) in [5, 5.41) is 6.82. The fourth-order valence-corrected chi connectivity index (χ4v) is 2.25. The Labute approximate surface area is 146 Å². The van der Waals surface area contributed by atoms with E-state index in [1.54, 1.807) is 20.8 Å². The van der Waals surface area contributed by atoms with Crippen LogP contribution >= 0.6 is 0 Å². The van der Waals surface area contributed by atoms with Gasteiger partial charge in [0.2, 0.25) is 0 Å². The number of carbonyl (C=O) groups is 3. The van der Waals surface area contributed by atoms with Crippen molar-refractivity contribution >= 4 is 28.7 Å². The van der Waals surface area contributed by atoms with Gasteiger partial charge in [0, 0.05) is 5.54 Å². The zero-order chi connectivity index (χ0) is 18.4. The highest BCUT2D eigenvalue weighted by atomic mass is 16.5. The largest absolute Gasteiger partial charge is 0.455 e. The molecule has 0 aromatic heterocycles. The van der Waals surface area contributed by atoms with Crippen LogP contribution in [0.5, 0.6) is 0 Å². The van der Waals surface area contributed by atoms with E-state index in [1.165, 1.54) is 0 Å². The van der Waals surface area contributed by atoms with Crippen molar-refractivity contribution in [3.05, 3.63) is 48.0 Å². The number of imide groups is 1. The summed E-state index contributed by atoms with van der Waals surface area (Å²) in [4.78, 5) is 35.0. The lowest BCUT2D eigenvalue weighted by Gasteiger charge is -2.20. The lowest BCUT2D eigenvalue weighted by Crippen LogP contribution is -2.49. The number of hydrogen-bond acceptors (Lipinski definition) is 4. The number of nitrogens with one attached hydrogen (secondary N) is 2. The Kier molecular flexibility index (Phi) is 5.75. The molecule has 3 amide bonds. The van der Waals surface area contributed by atoms with Gasteiger partial charge in [-0.2, -0.15) is 0 Å². The summed E-state index contributed by atoms with van der Waals surface area (Å²) in [7, 11) is 0. The van der Waals surface area contributed by atoms with Crippen molar-refractivity contribution < 1.29 is 19.1 Å². The van der Waals surface area contributed by atoms with Crippen molar-refractivity contribution in [1.29, 1.82) is 0 Å². The number of fused-ring (bicyclic) bond motifs is 1. The monoisotopic (exact) mass is 342 g/mol. The van der Waals surface area contributed by atoms with Gasteiger partial charge in [0.15, 0.2) is 6.61 Å². The Balaban J connectivity index is 1.81. The summed E-state index contributed by atoms with van der Waals surface area (Å²) in [6, 6.07) is 12.9. The topological polar surface area (TPSA) is 84.5 Å². The summed E-state index contributed by atoms with van der Waals surface area (Å²) >= 11 is 0. The van der Waals surface area contributed by atoms with Crippen molar-refractivity contribution in [2.75, 3.05) is 6.61 Å². The minimum Gasteiger partial charge on any atom is -0.455 e. The molecule has 25 heavy (non-hydrogen) atoms. The number of urea groups is 1. The summed E-state index contributed by atoms with van der Waals surface area (Å²) in [5.41, 5.74) is 0.339. The fourth-order valence-electron chi connectivity index (χ4n) is 2.25. The minimum absolute atomic E-state index is 0.0618. The van der Waals surface area contributed by atoms with Crippen LogP contribution in [0.3, 0.4) is 0 Å². The van der Waals surface area contributed by atoms with E-state index in [0.29, 0.717) is 0 Å². The van der Waals surface area contributed by atoms with E-state index in [1.807, 2.05) is 42.5 Å². The third kappa shape index (κ3) is 6.25. The number of hydrogen-bond donors (Lipinski definition) is 2. The van der Waals surface area contributed by atoms with Crippen LogP contribution in [-0.4, -0.2) is 30.1 Å². The lowest BCUT2D eigenvalue weighted by atomic mass is 10.1. The number of esters is 1. The van der Waals surface area contributed by atoms with E-state index in [-0.39, 0.29) is 6.42 Å². The Morgan fingerprint density at radius 3 is 2.36 bits per heavy atom. The number of ether oxygens (including phenoxy) is 1. The summed E-state index contributed by atoms with van der Waals surface area (Å²) in [6.45, 7) is 4.88. The maximum atomic E-state index is 11.9. The van der Waals surface area contributed by atoms with Gasteiger partial charge < -0.3 is 10.1 Å². The van der Waals surface area contributed by atoms with Gasteiger partial charge in [-0.05, 0) is 37.1 Å². The molecule has 0 aliphatic carbocycles. The molecule has 0 saturated carbocycles. The average molecular weight is 342 g/mol. The zero-order valence-electron chi connectivity index (χ0n) is 14.6. The molecule has 0 aliphatic heterocycles. The van der Waals surface area contributed by atoms with Crippen molar-refractivity contribution in [2.24, 2.45) is 0 Å². The van der Waals surface area contributed by atoms with Gasteiger partial charge in [-0.25, -0.2) is 4.79 Å². The number of amides is 3. The van der Waals surface area contributed by atoms with Gasteiger partial charge >= 0.3 is 12.0 Å². The maximum absolute atomic E-state index is 11.9. The van der Waals surface area contributed by atoms with Gasteiger partial charge in [0.1, 0.15) is 0 Å². The zero-order valence-corrected chi connectivity index (χ0v) is 14.6. The lowest BCUT2D eigenvalue weighted by molar-refractivity contribution is -0.147. The molecule has 0 fully saturated rings. The second-order valence-corrected chi connectivity index (χ2v) is 6.77. The molecule has 2 rings (SSSR count). The summed E-state index contributed by atoms with van der Waals surface area (Å²) < 4.78 is 4.92. The van der Waals surface area contributed by atoms with Crippen molar-refractivity contribution in [1.82, 2.24) is 10.6 Å². The van der Waals surface area contributed by atoms with Gasteiger partial charge in [0.05, 0.1) is 6.42 Å². The molecule has 0 saturated heterocycles. The molecule has 6 nitrogen and oxygen atoms in total. The Morgan fingerprint density at radius 2 is 1.68 bits per heavy atom. The molecule has 0 spiro atoms. The van der Waals surface area contributed by atoms with E-state index in [4.69, 9.17) is 4.74 Å². The fraction of sp³-hybridized carbons (Fsp3) is 0.316. The van der Waals surface area contributed by atoms with Crippen molar-refractivity contribution in [3.63, 3.8) is 0 Å². The van der Waals surface area contributed by atoms with E-state index in [0.717, 1.165) is 16.3 Å². The molecule has 6 heteroatoms. The van der Waals surface area contributed by atoms with Gasteiger partial charge in [0.25, 0.3) is 5.91 Å². The van der Waals surface area contributed by atoms with Crippen LogP contribution in [0.25, 0.3) is 10.8 Å². The molecule has 0 atom stereocenters.